The van der Waals surface area contributed by atoms with Crippen LogP contribution in [0.2, 0.25) is 0 Å². The van der Waals surface area contributed by atoms with Crippen molar-refractivity contribution in [3.8, 4) is 10.8 Å². The van der Waals surface area contributed by atoms with E-state index >= 15 is 0 Å². The Labute approximate surface area is 152 Å². The lowest BCUT2D eigenvalue weighted by Gasteiger charge is -2.16. The standard InChI is InChI=1S/C15H17N7OS2/c1-7-2-3-9-8(4-7)5-10(25-9)12-21-22-15(23-12)24-6-11-18-13(16)20-14(17)19-11/h5,7H,2-4,6H2,1H3,(H4,16,17,18,19,20)/t7-/m1/s1. The molecule has 0 radical (unpaired) electrons. The van der Waals surface area contributed by atoms with Crippen molar-refractivity contribution in [2.75, 3.05) is 11.5 Å². The summed E-state index contributed by atoms with van der Waals surface area (Å²) in [6.07, 6.45) is 3.51. The molecule has 3 aromatic rings. The summed E-state index contributed by atoms with van der Waals surface area (Å²) in [5.74, 6) is 2.42. The molecule has 0 aromatic carbocycles. The van der Waals surface area contributed by atoms with Gasteiger partial charge in [0.2, 0.25) is 11.9 Å². The van der Waals surface area contributed by atoms with Crippen LogP contribution < -0.4 is 11.5 Å². The van der Waals surface area contributed by atoms with Crippen molar-refractivity contribution in [3.05, 3.63) is 22.3 Å². The van der Waals surface area contributed by atoms with Crippen molar-refractivity contribution < 1.29 is 4.42 Å². The van der Waals surface area contributed by atoms with Crippen molar-refractivity contribution in [1.82, 2.24) is 25.1 Å². The number of nitrogens with two attached hydrogens (primary N) is 2. The van der Waals surface area contributed by atoms with Crippen LogP contribution in [0.1, 0.15) is 29.6 Å². The van der Waals surface area contributed by atoms with E-state index in [1.165, 1.54) is 28.6 Å². The van der Waals surface area contributed by atoms with Crippen LogP contribution in [-0.2, 0) is 18.6 Å². The van der Waals surface area contributed by atoms with Gasteiger partial charge in [-0.1, -0.05) is 18.7 Å². The fourth-order valence-corrected chi connectivity index (χ4v) is 4.57. The second kappa shape index (κ2) is 6.60. The van der Waals surface area contributed by atoms with Gasteiger partial charge in [0.15, 0.2) is 0 Å². The smallest absolute Gasteiger partial charge is 0.277 e. The third-order valence-corrected chi connectivity index (χ3v) is 6.03. The summed E-state index contributed by atoms with van der Waals surface area (Å²) in [7, 11) is 0. The summed E-state index contributed by atoms with van der Waals surface area (Å²) in [4.78, 5) is 14.3. The summed E-state index contributed by atoms with van der Waals surface area (Å²) in [6.45, 7) is 2.29. The molecule has 3 heterocycles. The molecule has 0 bridgehead atoms. The Morgan fingerprint density at radius 2 is 2.04 bits per heavy atom. The van der Waals surface area contributed by atoms with Gasteiger partial charge in [0.25, 0.3) is 11.1 Å². The van der Waals surface area contributed by atoms with E-state index in [1.807, 2.05) is 0 Å². The molecule has 130 valence electrons. The number of fused-ring (bicyclic) bond motifs is 1. The van der Waals surface area contributed by atoms with Gasteiger partial charge in [-0.3, -0.25) is 0 Å². The molecule has 8 nitrogen and oxygen atoms in total. The molecule has 25 heavy (non-hydrogen) atoms. The number of aromatic nitrogens is 5. The summed E-state index contributed by atoms with van der Waals surface area (Å²) >= 11 is 3.09. The maximum atomic E-state index is 5.77. The van der Waals surface area contributed by atoms with E-state index in [0.29, 0.717) is 22.7 Å². The predicted molar refractivity (Wildman–Crippen MR) is 97.0 cm³/mol. The first kappa shape index (κ1) is 16.3. The first-order chi connectivity index (χ1) is 12.1. The van der Waals surface area contributed by atoms with Gasteiger partial charge in [0.1, 0.15) is 5.82 Å². The van der Waals surface area contributed by atoms with E-state index in [-0.39, 0.29) is 11.9 Å². The number of aryl methyl sites for hydroxylation is 1. The summed E-state index contributed by atoms with van der Waals surface area (Å²) in [6, 6.07) is 2.19. The van der Waals surface area contributed by atoms with Crippen LogP contribution in [0.15, 0.2) is 15.7 Å². The van der Waals surface area contributed by atoms with E-state index < -0.39 is 0 Å². The number of thioether (sulfide) groups is 1. The first-order valence-corrected chi connectivity index (χ1v) is 9.71. The minimum atomic E-state index is 0.104. The van der Waals surface area contributed by atoms with Gasteiger partial charge >= 0.3 is 0 Å². The van der Waals surface area contributed by atoms with Gasteiger partial charge < -0.3 is 15.9 Å². The predicted octanol–water partition coefficient (Wildman–Crippen LogP) is 2.56. The Hall–Kier alpha value is -2.20. The lowest BCUT2D eigenvalue weighted by atomic mass is 9.90. The molecule has 3 aromatic heterocycles. The molecule has 0 aliphatic heterocycles. The summed E-state index contributed by atoms with van der Waals surface area (Å²) < 4.78 is 5.77. The molecule has 4 rings (SSSR count). The van der Waals surface area contributed by atoms with Crippen LogP contribution in [0.3, 0.4) is 0 Å². The molecule has 1 aliphatic rings. The van der Waals surface area contributed by atoms with Crippen molar-refractivity contribution in [1.29, 1.82) is 0 Å². The van der Waals surface area contributed by atoms with Crippen LogP contribution in [0.4, 0.5) is 11.9 Å². The van der Waals surface area contributed by atoms with Crippen LogP contribution >= 0.6 is 23.1 Å². The average molecular weight is 375 g/mol. The molecular formula is C15H17N7OS2. The molecule has 0 saturated heterocycles. The monoisotopic (exact) mass is 375 g/mol. The largest absolute Gasteiger partial charge is 0.410 e. The second-order valence-electron chi connectivity index (χ2n) is 6.04. The van der Waals surface area contributed by atoms with Gasteiger partial charge in [-0.2, -0.15) is 15.0 Å². The molecular weight excluding hydrogens is 358 g/mol. The third kappa shape index (κ3) is 3.59. The maximum Gasteiger partial charge on any atom is 0.277 e. The van der Waals surface area contributed by atoms with Crippen LogP contribution in [0, 0.1) is 5.92 Å². The van der Waals surface area contributed by atoms with Gasteiger partial charge in [-0.15, -0.1) is 21.5 Å². The first-order valence-electron chi connectivity index (χ1n) is 7.91. The summed E-state index contributed by atoms with van der Waals surface area (Å²) in [5.41, 5.74) is 12.5. The van der Waals surface area contributed by atoms with Crippen molar-refractivity contribution in [3.63, 3.8) is 0 Å². The molecule has 0 fully saturated rings. The van der Waals surface area contributed by atoms with E-state index in [9.17, 15) is 0 Å². The lowest BCUT2D eigenvalue weighted by Crippen LogP contribution is -2.07. The van der Waals surface area contributed by atoms with Crippen molar-refractivity contribution in [2.24, 2.45) is 5.92 Å². The van der Waals surface area contributed by atoms with E-state index in [0.717, 1.165) is 23.6 Å². The molecule has 0 amide bonds. The Kier molecular flexibility index (Phi) is 4.30. The van der Waals surface area contributed by atoms with Gasteiger partial charge in [-0.25, -0.2) is 0 Å². The number of hydrogen-bond donors (Lipinski definition) is 2. The van der Waals surface area contributed by atoms with Crippen LogP contribution in [-0.4, -0.2) is 25.1 Å². The van der Waals surface area contributed by atoms with Crippen LogP contribution in [0.25, 0.3) is 10.8 Å². The summed E-state index contributed by atoms with van der Waals surface area (Å²) in [5, 5.41) is 8.72. The number of anilines is 2. The SMILES string of the molecule is C[C@@H]1CCc2sc(-c3nnc(SCc4nc(N)nc(N)n4)o3)cc2C1. The van der Waals surface area contributed by atoms with E-state index in [2.05, 4.69) is 38.1 Å². The van der Waals surface area contributed by atoms with E-state index in [1.54, 1.807) is 11.3 Å². The zero-order valence-electron chi connectivity index (χ0n) is 13.6. The molecule has 10 heteroatoms. The fraction of sp³-hybridized carbons (Fsp3) is 0.400. The van der Waals surface area contributed by atoms with Gasteiger partial charge in [0.05, 0.1) is 10.6 Å². The number of hydrogen-bond acceptors (Lipinski definition) is 10. The normalized spacial score (nSPS) is 16.8. The average Bonchev–Trinajstić information content (AvgIpc) is 3.18. The van der Waals surface area contributed by atoms with Crippen molar-refractivity contribution in [2.45, 2.75) is 37.2 Å². The number of nitrogen functional groups attached to an aromatic ring is 2. The minimum Gasteiger partial charge on any atom is -0.410 e. The minimum absolute atomic E-state index is 0.104. The number of thiophene rings is 1. The Balaban J connectivity index is 1.47. The van der Waals surface area contributed by atoms with Crippen molar-refractivity contribution >= 4 is 35.0 Å². The highest BCUT2D eigenvalue weighted by atomic mass is 32.2. The molecule has 0 spiro atoms. The van der Waals surface area contributed by atoms with Gasteiger partial charge in [-0.05, 0) is 36.8 Å². The molecule has 4 N–H and O–H groups in total. The number of rotatable bonds is 4. The Morgan fingerprint density at radius 1 is 1.24 bits per heavy atom. The zero-order valence-corrected chi connectivity index (χ0v) is 15.2. The third-order valence-electron chi connectivity index (χ3n) is 3.99. The Morgan fingerprint density at radius 3 is 2.84 bits per heavy atom. The second-order valence-corrected chi connectivity index (χ2v) is 8.10. The zero-order chi connectivity index (χ0) is 17.4. The molecule has 1 atom stereocenters. The lowest BCUT2D eigenvalue weighted by molar-refractivity contribution is 0.466. The fourth-order valence-electron chi connectivity index (χ4n) is 2.83. The molecule has 0 saturated carbocycles. The highest BCUT2D eigenvalue weighted by Crippen LogP contribution is 2.37. The highest BCUT2D eigenvalue weighted by Gasteiger charge is 2.21. The Bertz CT molecular complexity index is 887. The van der Waals surface area contributed by atoms with E-state index in [4.69, 9.17) is 15.9 Å². The van der Waals surface area contributed by atoms with Gasteiger partial charge in [0, 0.05) is 4.88 Å². The highest BCUT2D eigenvalue weighted by molar-refractivity contribution is 7.98. The maximum absolute atomic E-state index is 5.77. The van der Waals surface area contributed by atoms with Crippen LogP contribution in [0.5, 0.6) is 0 Å². The topological polar surface area (TPSA) is 130 Å². The molecule has 0 unspecified atom stereocenters. The quantitative estimate of drug-likeness (QED) is 0.661. The molecule has 1 aliphatic carbocycles. The number of nitrogens with zero attached hydrogens (tertiary/aromatic N) is 5.